The number of rotatable bonds is 5. The van der Waals surface area contributed by atoms with Crippen LogP contribution in [0.15, 0.2) is 17.4 Å². The summed E-state index contributed by atoms with van der Waals surface area (Å²) in [5.74, 6) is -0.125. The molecule has 1 N–H and O–H groups in total. The van der Waals surface area contributed by atoms with Gasteiger partial charge in [-0.15, -0.1) is 0 Å². The molecule has 1 aromatic heterocycles. The van der Waals surface area contributed by atoms with E-state index in [1.165, 1.54) is 0 Å². The molecular formula is C13H20N4O2. The molecule has 2 rings (SSSR count). The number of carbonyl (C=O) groups excluding carboxylic acids is 1. The van der Waals surface area contributed by atoms with Crippen LogP contribution in [0.2, 0.25) is 0 Å². The molecule has 19 heavy (non-hydrogen) atoms. The summed E-state index contributed by atoms with van der Waals surface area (Å²) in [7, 11) is 0. The van der Waals surface area contributed by atoms with E-state index in [9.17, 15) is 4.79 Å². The van der Waals surface area contributed by atoms with Gasteiger partial charge in [0.05, 0.1) is 12.3 Å². The minimum absolute atomic E-state index is 0.0469. The van der Waals surface area contributed by atoms with Gasteiger partial charge in [0, 0.05) is 18.7 Å². The third kappa shape index (κ3) is 3.13. The van der Waals surface area contributed by atoms with Gasteiger partial charge in [-0.2, -0.15) is 5.10 Å². The molecule has 1 aromatic rings. The number of hydrogen-bond acceptors (Lipinski definition) is 4. The highest BCUT2D eigenvalue weighted by molar-refractivity contribution is 5.92. The lowest BCUT2D eigenvalue weighted by Gasteiger charge is -2.12. The Hall–Kier alpha value is -1.85. The molecule has 1 aliphatic rings. The van der Waals surface area contributed by atoms with Gasteiger partial charge in [0.25, 0.3) is 5.91 Å². The molecule has 6 heteroatoms. The smallest absolute Gasteiger partial charge is 0.269 e. The molecule has 0 aliphatic carbocycles. The summed E-state index contributed by atoms with van der Waals surface area (Å²) in [6.45, 7) is 6.50. The second-order valence-electron chi connectivity index (χ2n) is 4.91. The maximum atomic E-state index is 12.1. The Morgan fingerprint density at radius 2 is 2.42 bits per heavy atom. The first kappa shape index (κ1) is 13.6. The van der Waals surface area contributed by atoms with Crippen LogP contribution in [0, 0.1) is 0 Å². The lowest BCUT2D eigenvalue weighted by molar-refractivity contribution is 0.0747. The average Bonchev–Trinajstić information content (AvgIpc) is 3.04. The minimum atomic E-state index is -0.125. The molecule has 1 amide bonds. The zero-order valence-corrected chi connectivity index (χ0v) is 11.6. The van der Waals surface area contributed by atoms with Crippen LogP contribution in [-0.4, -0.2) is 34.0 Å². The largest absolute Gasteiger partial charge is 0.390 e. The fourth-order valence-electron chi connectivity index (χ4n) is 2.01. The zero-order chi connectivity index (χ0) is 13.8. The summed E-state index contributed by atoms with van der Waals surface area (Å²) < 4.78 is 1.71. The van der Waals surface area contributed by atoms with Crippen molar-refractivity contribution in [3.05, 3.63) is 18.0 Å². The molecule has 1 atom stereocenters. The maximum absolute atomic E-state index is 12.1. The Bertz CT molecular complexity index is 479. The SMILES string of the molecule is CCC1=NO[C@H](CNC(=O)c2ccnn2C(C)C)C1. The second kappa shape index (κ2) is 5.86. The third-order valence-corrected chi connectivity index (χ3v) is 3.08. The lowest BCUT2D eigenvalue weighted by atomic mass is 10.1. The molecule has 6 nitrogen and oxygen atoms in total. The van der Waals surface area contributed by atoms with Gasteiger partial charge in [-0.05, 0) is 26.3 Å². The fourth-order valence-corrected chi connectivity index (χ4v) is 2.01. The molecule has 0 unspecified atom stereocenters. The monoisotopic (exact) mass is 264 g/mol. The summed E-state index contributed by atoms with van der Waals surface area (Å²) in [5, 5.41) is 11.0. The summed E-state index contributed by atoms with van der Waals surface area (Å²) in [6, 6.07) is 1.88. The Morgan fingerprint density at radius 3 is 3.05 bits per heavy atom. The van der Waals surface area contributed by atoms with Crippen molar-refractivity contribution < 1.29 is 9.63 Å². The Kier molecular flexibility index (Phi) is 4.19. The summed E-state index contributed by atoms with van der Waals surface area (Å²) in [5.41, 5.74) is 1.62. The highest BCUT2D eigenvalue weighted by Crippen LogP contribution is 2.12. The van der Waals surface area contributed by atoms with Gasteiger partial charge in [-0.25, -0.2) is 0 Å². The summed E-state index contributed by atoms with van der Waals surface area (Å²) in [6.07, 6.45) is 3.28. The number of hydrogen-bond donors (Lipinski definition) is 1. The van der Waals surface area contributed by atoms with E-state index in [1.54, 1.807) is 16.9 Å². The van der Waals surface area contributed by atoms with Crippen LogP contribution in [-0.2, 0) is 4.84 Å². The van der Waals surface area contributed by atoms with Crippen LogP contribution >= 0.6 is 0 Å². The normalized spacial score (nSPS) is 18.3. The van der Waals surface area contributed by atoms with Crippen LogP contribution in [0.25, 0.3) is 0 Å². The van der Waals surface area contributed by atoms with Crippen molar-refractivity contribution in [2.75, 3.05) is 6.54 Å². The van der Waals surface area contributed by atoms with E-state index in [0.29, 0.717) is 12.2 Å². The van der Waals surface area contributed by atoms with E-state index >= 15 is 0 Å². The van der Waals surface area contributed by atoms with Crippen molar-refractivity contribution in [1.82, 2.24) is 15.1 Å². The molecular weight excluding hydrogens is 244 g/mol. The van der Waals surface area contributed by atoms with Crippen LogP contribution in [0.3, 0.4) is 0 Å². The Labute approximate surface area is 112 Å². The lowest BCUT2D eigenvalue weighted by Crippen LogP contribution is -2.33. The van der Waals surface area contributed by atoms with Gasteiger partial charge in [0.15, 0.2) is 0 Å². The standard InChI is InChI=1S/C13H20N4O2/c1-4-10-7-11(19-16-10)8-14-13(18)12-5-6-15-17(12)9(2)3/h5-6,9,11H,4,7-8H2,1-3H3,(H,14,18)/t11-/m0/s1. The number of nitrogens with one attached hydrogen (secondary N) is 1. The number of oxime groups is 1. The number of amides is 1. The number of nitrogens with zero attached hydrogens (tertiary/aromatic N) is 3. The zero-order valence-electron chi connectivity index (χ0n) is 11.6. The maximum Gasteiger partial charge on any atom is 0.269 e. The second-order valence-corrected chi connectivity index (χ2v) is 4.91. The minimum Gasteiger partial charge on any atom is -0.390 e. The molecule has 1 aliphatic heterocycles. The van der Waals surface area contributed by atoms with E-state index < -0.39 is 0 Å². The van der Waals surface area contributed by atoms with Gasteiger partial charge in [-0.1, -0.05) is 12.1 Å². The van der Waals surface area contributed by atoms with E-state index in [0.717, 1.165) is 18.6 Å². The molecule has 104 valence electrons. The first-order chi connectivity index (χ1) is 9.11. The average molecular weight is 264 g/mol. The van der Waals surface area contributed by atoms with Gasteiger partial charge >= 0.3 is 0 Å². The number of aromatic nitrogens is 2. The number of carbonyl (C=O) groups is 1. The summed E-state index contributed by atoms with van der Waals surface area (Å²) >= 11 is 0. The highest BCUT2D eigenvalue weighted by Gasteiger charge is 2.21. The van der Waals surface area contributed by atoms with Crippen molar-refractivity contribution in [1.29, 1.82) is 0 Å². The van der Waals surface area contributed by atoms with Crippen molar-refractivity contribution in [2.45, 2.75) is 45.8 Å². The van der Waals surface area contributed by atoms with Crippen LogP contribution in [0.5, 0.6) is 0 Å². The molecule has 0 spiro atoms. The highest BCUT2D eigenvalue weighted by atomic mass is 16.6. The fraction of sp³-hybridized carbons (Fsp3) is 0.615. The van der Waals surface area contributed by atoms with Gasteiger partial charge in [0.1, 0.15) is 11.8 Å². The summed E-state index contributed by atoms with van der Waals surface area (Å²) in [4.78, 5) is 17.3. The first-order valence-electron chi connectivity index (χ1n) is 6.65. The van der Waals surface area contributed by atoms with E-state index in [1.807, 2.05) is 20.8 Å². The molecule has 2 heterocycles. The van der Waals surface area contributed by atoms with Gasteiger partial charge in [-0.3, -0.25) is 9.48 Å². The van der Waals surface area contributed by atoms with E-state index in [2.05, 4.69) is 15.6 Å². The van der Waals surface area contributed by atoms with Gasteiger partial charge < -0.3 is 10.2 Å². The molecule has 0 radical (unpaired) electrons. The molecule has 0 bridgehead atoms. The van der Waals surface area contributed by atoms with Gasteiger partial charge in [0.2, 0.25) is 0 Å². The Balaban J connectivity index is 1.87. The Morgan fingerprint density at radius 1 is 1.63 bits per heavy atom. The predicted molar refractivity (Wildman–Crippen MR) is 72.2 cm³/mol. The third-order valence-electron chi connectivity index (χ3n) is 3.08. The van der Waals surface area contributed by atoms with Crippen LogP contribution < -0.4 is 5.32 Å². The molecule has 0 aromatic carbocycles. The molecule has 0 saturated carbocycles. The van der Waals surface area contributed by atoms with Crippen molar-refractivity contribution >= 4 is 11.6 Å². The van der Waals surface area contributed by atoms with Crippen LogP contribution in [0.1, 0.15) is 50.1 Å². The van der Waals surface area contributed by atoms with E-state index in [-0.39, 0.29) is 18.1 Å². The van der Waals surface area contributed by atoms with Crippen molar-refractivity contribution in [2.24, 2.45) is 5.16 Å². The topological polar surface area (TPSA) is 68.5 Å². The predicted octanol–water partition coefficient (Wildman–Crippen LogP) is 1.75. The quantitative estimate of drug-likeness (QED) is 0.881. The van der Waals surface area contributed by atoms with Crippen molar-refractivity contribution in [3.63, 3.8) is 0 Å². The van der Waals surface area contributed by atoms with Crippen molar-refractivity contribution in [3.8, 4) is 0 Å². The molecule has 0 saturated heterocycles. The molecule has 0 fully saturated rings. The first-order valence-corrected chi connectivity index (χ1v) is 6.65. The van der Waals surface area contributed by atoms with Crippen LogP contribution in [0.4, 0.5) is 0 Å². The van der Waals surface area contributed by atoms with E-state index in [4.69, 9.17) is 4.84 Å².